The Hall–Kier alpha value is -2.59. The summed E-state index contributed by atoms with van der Waals surface area (Å²) in [6, 6.07) is 0. The van der Waals surface area contributed by atoms with Gasteiger partial charge in [-0.15, -0.1) is 0 Å². The van der Waals surface area contributed by atoms with Crippen molar-refractivity contribution in [2.24, 2.45) is 0 Å². The van der Waals surface area contributed by atoms with Crippen LogP contribution in [0.3, 0.4) is 0 Å². The lowest BCUT2D eigenvalue weighted by atomic mass is 10.1. The van der Waals surface area contributed by atoms with Gasteiger partial charge in [-0.25, -0.2) is 4.57 Å². The van der Waals surface area contributed by atoms with Gasteiger partial charge in [-0.05, 0) is 77.0 Å². The predicted octanol–water partition coefficient (Wildman–Crippen LogP) is 9.72. The molecule has 3 atom stereocenters. The smallest absolute Gasteiger partial charge is 0.462 e. The molecule has 0 aliphatic heterocycles. The fourth-order valence-electron chi connectivity index (χ4n) is 4.61. The van der Waals surface area contributed by atoms with Gasteiger partial charge in [-0.3, -0.25) is 18.6 Å². The second-order valence-electron chi connectivity index (χ2n) is 12.6. The highest BCUT2D eigenvalue weighted by molar-refractivity contribution is 7.47. The van der Waals surface area contributed by atoms with Crippen molar-refractivity contribution in [1.82, 2.24) is 0 Å². The van der Waals surface area contributed by atoms with Crippen molar-refractivity contribution in [3.63, 3.8) is 0 Å². The van der Waals surface area contributed by atoms with Gasteiger partial charge in [0.1, 0.15) is 12.7 Å². The molecule has 52 heavy (non-hydrogen) atoms. The van der Waals surface area contributed by atoms with Crippen molar-refractivity contribution in [3.8, 4) is 0 Å². The zero-order valence-electron chi connectivity index (χ0n) is 32.0. The molecular formula is C41H69O10P. The summed E-state index contributed by atoms with van der Waals surface area (Å²) in [7, 11) is -4.63. The number of hydrogen-bond acceptors (Lipinski definition) is 9. The van der Waals surface area contributed by atoms with Gasteiger partial charge in [0, 0.05) is 12.8 Å². The van der Waals surface area contributed by atoms with Crippen LogP contribution >= 0.6 is 7.82 Å². The highest BCUT2D eigenvalue weighted by atomic mass is 31.2. The Bertz CT molecular complexity index is 1100. The van der Waals surface area contributed by atoms with Gasteiger partial charge < -0.3 is 24.6 Å². The number of allylic oxidation sites excluding steroid dienone is 12. The van der Waals surface area contributed by atoms with Crippen LogP contribution in [0.4, 0.5) is 0 Å². The Morgan fingerprint density at radius 3 is 1.67 bits per heavy atom. The molecule has 0 heterocycles. The minimum absolute atomic E-state index is 0.101. The Morgan fingerprint density at radius 1 is 0.596 bits per heavy atom. The van der Waals surface area contributed by atoms with Gasteiger partial charge in [-0.1, -0.05) is 119 Å². The molecule has 0 radical (unpaired) electrons. The van der Waals surface area contributed by atoms with Gasteiger partial charge in [-0.2, -0.15) is 0 Å². The second-order valence-corrected chi connectivity index (χ2v) is 14.0. The maximum absolute atomic E-state index is 12.5. The van der Waals surface area contributed by atoms with Crippen molar-refractivity contribution >= 4 is 19.8 Å². The quantitative estimate of drug-likeness (QED) is 0.0247. The topological polar surface area (TPSA) is 149 Å². The average molecular weight is 753 g/mol. The monoisotopic (exact) mass is 752 g/mol. The maximum Gasteiger partial charge on any atom is 0.472 e. The lowest BCUT2D eigenvalue weighted by molar-refractivity contribution is -0.161. The van der Waals surface area contributed by atoms with Gasteiger partial charge >= 0.3 is 19.8 Å². The highest BCUT2D eigenvalue weighted by Gasteiger charge is 2.27. The number of rotatable bonds is 35. The standard InChI is InChI=1S/C41H69O10P/c1-3-5-7-9-11-13-15-17-18-19-20-21-23-25-27-29-31-33-41(45)51-39(37-50-52(46,47)49-35-38(43)34-42)36-48-40(44)32-30-28-26-24-22-16-14-12-10-8-6-4-2/h5,7,11-14,17-18,20-21,25,27,38-39,42-43H,3-4,6,8-10,15-16,19,22-24,26,28-37H2,1-2H3,(H,46,47)/b7-5+,13-11+,14-12+,18-17+,21-20+,27-25+/t38-,39+/m0/s1. The highest BCUT2D eigenvalue weighted by Crippen LogP contribution is 2.43. The third-order valence-corrected chi connectivity index (χ3v) is 8.55. The molecule has 0 spiro atoms. The fourth-order valence-corrected chi connectivity index (χ4v) is 5.40. The van der Waals surface area contributed by atoms with E-state index in [0.717, 1.165) is 70.6 Å². The van der Waals surface area contributed by atoms with Crippen molar-refractivity contribution < 1.29 is 47.8 Å². The summed E-state index contributed by atoms with van der Waals surface area (Å²) in [5.41, 5.74) is 0. The van der Waals surface area contributed by atoms with Crippen LogP contribution in [0.2, 0.25) is 0 Å². The number of aliphatic hydroxyl groups excluding tert-OH is 2. The minimum Gasteiger partial charge on any atom is -0.462 e. The molecule has 0 fully saturated rings. The van der Waals surface area contributed by atoms with Crippen LogP contribution in [0, 0.1) is 0 Å². The van der Waals surface area contributed by atoms with Gasteiger partial charge in [0.25, 0.3) is 0 Å². The zero-order chi connectivity index (χ0) is 38.4. The molecule has 0 aromatic rings. The van der Waals surface area contributed by atoms with Crippen molar-refractivity contribution in [2.75, 3.05) is 26.4 Å². The maximum atomic E-state index is 12.5. The molecule has 0 aromatic carbocycles. The third kappa shape index (κ3) is 35.8. The van der Waals surface area contributed by atoms with E-state index in [1.807, 2.05) is 12.2 Å². The number of carbonyl (C=O) groups is 2. The minimum atomic E-state index is -4.63. The van der Waals surface area contributed by atoms with E-state index in [2.05, 4.69) is 79.1 Å². The summed E-state index contributed by atoms with van der Waals surface area (Å²) in [5.74, 6) is -1.01. The molecular weight excluding hydrogens is 683 g/mol. The van der Waals surface area contributed by atoms with Crippen molar-refractivity contribution in [1.29, 1.82) is 0 Å². The van der Waals surface area contributed by atoms with E-state index in [0.29, 0.717) is 19.3 Å². The first-order valence-electron chi connectivity index (χ1n) is 19.4. The van der Waals surface area contributed by atoms with Crippen LogP contribution in [0.25, 0.3) is 0 Å². The number of hydrogen-bond donors (Lipinski definition) is 3. The Labute approximate surface area is 314 Å². The first-order valence-corrected chi connectivity index (χ1v) is 20.9. The molecule has 0 rings (SSSR count). The van der Waals surface area contributed by atoms with E-state index < -0.39 is 51.8 Å². The van der Waals surface area contributed by atoms with Gasteiger partial charge in [0.2, 0.25) is 0 Å². The number of unbranched alkanes of at least 4 members (excludes halogenated alkanes) is 9. The van der Waals surface area contributed by atoms with E-state index >= 15 is 0 Å². The van der Waals surface area contributed by atoms with E-state index in [1.165, 1.54) is 19.3 Å². The molecule has 298 valence electrons. The lowest BCUT2D eigenvalue weighted by Crippen LogP contribution is -2.29. The normalized spacial score (nSPS) is 14.8. The van der Waals surface area contributed by atoms with Crippen molar-refractivity contribution in [2.45, 2.75) is 148 Å². The number of carbonyl (C=O) groups excluding carboxylic acids is 2. The summed E-state index contributed by atoms with van der Waals surface area (Å²) >= 11 is 0. The number of ether oxygens (including phenoxy) is 2. The molecule has 1 unspecified atom stereocenters. The summed E-state index contributed by atoms with van der Waals surface area (Å²) in [5, 5.41) is 18.3. The van der Waals surface area contributed by atoms with Crippen LogP contribution < -0.4 is 0 Å². The SMILES string of the molecule is CC/C=C/C/C=C/C/C=C/C/C=C/C/C=C/CCCC(=O)O[C@H](COC(=O)CCCCCCC/C=C/CCCCC)COP(=O)(O)OC[C@@H](O)CO. The lowest BCUT2D eigenvalue weighted by Gasteiger charge is -2.20. The largest absolute Gasteiger partial charge is 0.472 e. The Kier molecular flexibility index (Phi) is 34.9. The molecule has 3 N–H and O–H groups in total. The van der Waals surface area contributed by atoms with Crippen LogP contribution in [-0.4, -0.2) is 65.7 Å². The summed E-state index contributed by atoms with van der Waals surface area (Å²) in [6.07, 6.45) is 40.2. The van der Waals surface area contributed by atoms with E-state index in [1.54, 1.807) is 0 Å². The zero-order valence-corrected chi connectivity index (χ0v) is 32.9. The molecule has 0 aliphatic rings. The molecule has 0 saturated carbocycles. The van der Waals surface area contributed by atoms with E-state index in [4.69, 9.17) is 19.1 Å². The molecule has 0 aliphatic carbocycles. The first-order chi connectivity index (χ1) is 25.2. The Balaban J connectivity index is 4.50. The number of phosphoric acid groups is 1. The van der Waals surface area contributed by atoms with E-state index in [-0.39, 0.29) is 19.4 Å². The average Bonchev–Trinajstić information content (AvgIpc) is 3.13. The molecule has 10 nitrogen and oxygen atoms in total. The van der Waals surface area contributed by atoms with Crippen molar-refractivity contribution in [3.05, 3.63) is 72.9 Å². The summed E-state index contributed by atoms with van der Waals surface area (Å²) in [6.45, 7) is 2.13. The summed E-state index contributed by atoms with van der Waals surface area (Å²) in [4.78, 5) is 34.8. The number of esters is 2. The van der Waals surface area contributed by atoms with Gasteiger partial charge in [0.15, 0.2) is 6.10 Å². The van der Waals surface area contributed by atoms with Crippen LogP contribution in [-0.2, 0) is 32.7 Å². The predicted molar refractivity (Wildman–Crippen MR) is 210 cm³/mol. The molecule has 11 heteroatoms. The number of aliphatic hydroxyl groups is 2. The fraction of sp³-hybridized carbons (Fsp3) is 0.659. The summed E-state index contributed by atoms with van der Waals surface area (Å²) < 4.78 is 32.5. The van der Waals surface area contributed by atoms with Crippen LogP contribution in [0.5, 0.6) is 0 Å². The molecule has 0 bridgehead atoms. The Morgan fingerprint density at radius 2 is 1.08 bits per heavy atom. The van der Waals surface area contributed by atoms with E-state index in [9.17, 15) is 24.2 Å². The molecule has 0 saturated heterocycles. The number of phosphoric ester groups is 1. The molecule has 0 amide bonds. The van der Waals surface area contributed by atoms with Crippen LogP contribution in [0.15, 0.2) is 72.9 Å². The second kappa shape index (κ2) is 36.8. The first kappa shape index (κ1) is 49.4. The van der Waals surface area contributed by atoms with Crippen LogP contribution in [0.1, 0.15) is 136 Å². The third-order valence-electron chi connectivity index (χ3n) is 7.59. The van der Waals surface area contributed by atoms with Gasteiger partial charge in [0.05, 0.1) is 19.8 Å². The molecule has 0 aromatic heterocycles.